The lowest BCUT2D eigenvalue weighted by Gasteiger charge is -2.34. The molecule has 5 nitrogen and oxygen atoms in total. The number of nitrogen functional groups attached to an aromatic ring is 1. The van der Waals surface area contributed by atoms with E-state index in [1.54, 1.807) is 12.1 Å². The van der Waals surface area contributed by atoms with Gasteiger partial charge in [0.2, 0.25) is 0 Å². The van der Waals surface area contributed by atoms with Crippen LogP contribution in [0, 0.1) is 11.7 Å². The van der Waals surface area contributed by atoms with Crippen molar-refractivity contribution in [3.8, 4) is 0 Å². The van der Waals surface area contributed by atoms with Gasteiger partial charge < -0.3 is 20.7 Å². The summed E-state index contributed by atoms with van der Waals surface area (Å²) in [6.45, 7) is 7.55. The number of benzene rings is 1. The number of nitrogens with one attached hydrogen (secondary N) is 1. The van der Waals surface area contributed by atoms with Gasteiger partial charge in [-0.15, -0.1) is 0 Å². The Bertz CT molecular complexity index is 529. The van der Waals surface area contributed by atoms with Crippen molar-refractivity contribution < 1.29 is 13.9 Å². The molecular weight excluding hydrogens is 297 g/mol. The summed E-state index contributed by atoms with van der Waals surface area (Å²) >= 11 is 0. The van der Waals surface area contributed by atoms with Crippen LogP contribution in [-0.4, -0.2) is 31.3 Å². The summed E-state index contributed by atoms with van der Waals surface area (Å²) in [6.07, 6.45) is 1.37. The van der Waals surface area contributed by atoms with Crippen LogP contribution in [-0.2, 0) is 4.74 Å². The van der Waals surface area contributed by atoms with Gasteiger partial charge in [0.15, 0.2) is 0 Å². The summed E-state index contributed by atoms with van der Waals surface area (Å²) in [7, 11) is 0. The molecule has 0 saturated carbocycles. The molecule has 1 aliphatic rings. The van der Waals surface area contributed by atoms with Crippen LogP contribution >= 0.6 is 0 Å². The summed E-state index contributed by atoms with van der Waals surface area (Å²) in [5.41, 5.74) is 6.36. The molecule has 0 spiro atoms. The van der Waals surface area contributed by atoms with Crippen LogP contribution in [0.4, 0.5) is 20.6 Å². The topological polar surface area (TPSA) is 67.6 Å². The van der Waals surface area contributed by atoms with Gasteiger partial charge in [0.1, 0.15) is 11.4 Å². The van der Waals surface area contributed by atoms with E-state index in [1.165, 1.54) is 6.07 Å². The average Bonchev–Trinajstić information content (AvgIpc) is 2.44. The number of anilines is 2. The van der Waals surface area contributed by atoms with Crippen LogP contribution in [0.2, 0.25) is 0 Å². The first-order chi connectivity index (χ1) is 10.8. The summed E-state index contributed by atoms with van der Waals surface area (Å²) in [6, 6.07) is 4.77. The lowest BCUT2D eigenvalue weighted by atomic mass is 9.96. The van der Waals surface area contributed by atoms with E-state index in [0.29, 0.717) is 23.8 Å². The fraction of sp³-hybridized carbons (Fsp3) is 0.588. The van der Waals surface area contributed by atoms with Gasteiger partial charge in [-0.25, -0.2) is 9.18 Å². The van der Waals surface area contributed by atoms with Gasteiger partial charge >= 0.3 is 6.09 Å². The number of rotatable bonds is 3. The van der Waals surface area contributed by atoms with Gasteiger partial charge in [-0.3, -0.25) is 0 Å². The lowest BCUT2D eigenvalue weighted by Crippen LogP contribution is -2.40. The highest BCUT2D eigenvalue weighted by molar-refractivity contribution is 5.68. The summed E-state index contributed by atoms with van der Waals surface area (Å²) < 4.78 is 19.2. The van der Waals surface area contributed by atoms with Gasteiger partial charge in [-0.1, -0.05) is 6.07 Å². The molecule has 1 fully saturated rings. The van der Waals surface area contributed by atoms with Gasteiger partial charge in [-0.05, 0) is 51.7 Å². The van der Waals surface area contributed by atoms with Gasteiger partial charge in [0, 0.05) is 19.6 Å². The predicted octanol–water partition coefficient (Wildman–Crippen LogP) is 3.15. The Morgan fingerprint density at radius 2 is 2.04 bits per heavy atom. The molecule has 1 aromatic carbocycles. The van der Waals surface area contributed by atoms with E-state index in [4.69, 9.17) is 10.5 Å². The minimum atomic E-state index is -0.490. The third-order valence-corrected chi connectivity index (χ3v) is 3.88. The Labute approximate surface area is 137 Å². The number of hydrogen-bond acceptors (Lipinski definition) is 4. The fourth-order valence-electron chi connectivity index (χ4n) is 2.77. The Balaban J connectivity index is 1.81. The lowest BCUT2D eigenvalue weighted by molar-refractivity contribution is 0.0517. The van der Waals surface area contributed by atoms with Crippen LogP contribution in [0.5, 0.6) is 0 Å². The molecule has 6 heteroatoms. The van der Waals surface area contributed by atoms with Crippen LogP contribution in [0.1, 0.15) is 33.6 Å². The van der Waals surface area contributed by atoms with Crippen molar-refractivity contribution in [1.82, 2.24) is 5.32 Å². The van der Waals surface area contributed by atoms with Gasteiger partial charge in [-0.2, -0.15) is 0 Å². The fourth-order valence-corrected chi connectivity index (χ4v) is 2.77. The second kappa shape index (κ2) is 7.06. The molecule has 1 heterocycles. The third-order valence-electron chi connectivity index (χ3n) is 3.88. The Morgan fingerprint density at radius 1 is 1.39 bits per heavy atom. The summed E-state index contributed by atoms with van der Waals surface area (Å²) in [4.78, 5) is 13.6. The highest BCUT2D eigenvalue weighted by atomic mass is 19.1. The van der Waals surface area contributed by atoms with Crippen LogP contribution in [0.15, 0.2) is 18.2 Å². The molecule has 0 bridgehead atoms. The van der Waals surface area contributed by atoms with Crippen molar-refractivity contribution in [1.29, 1.82) is 0 Å². The molecule has 1 saturated heterocycles. The molecule has 3 N–H and O–H groups in total. The first kappa shape index (κ1) is 17.4. The molecule has 0 aromatic heterocycles. The van der Waals surface area contributed by atoms with Crippen molar-refractivity contribution in [3.05, 3.63) is 24.0 Å². The molecule has 1 amide bonds. The smallest absolute Gasteiger partial charge is 0.407 e. The van der Waals surface area contributed by atoms with Crippen LogP contribution in [0.25, 0.3) is 0 Å². The molecule has 0 atom stereocenters. The zero-order chi connectivity index (χ0) is 17.0. The number of carbonyl (C=O) groups is 1. The van der Waals surface area contributed by atoms with E-state index in [0.717, 1.165) is 25.9 Å². The standard InChI is InChI=1S/C17H26FN3O2/c1-17(2,3)23-16(22)20-11-12-7-9-21(10-8-12)15-13(18)5-4-6-14(15)19/h4-6,12H,7-11,19H2,1-3H3,(H,20,22). The molecule has 2 rings (SSSR count). The largest absolute Gasteiger partial charge is 0.444 e. The summed E-state index contributed by atoms with van der Waals surface area (Å²) in [5.74, 6) is 0.0853. The normalized spacial score (nSPS) is 16.3. The number of nitrogens with two attached hydrogens (primary N) is 1. The first-order valence-corrected chi connectivity index (χ1v) is 8.02. The second-order valence-corrected chi connectivity index (χ2v) is 6.99. The average molecular weight is 323 g/mol. The highest BCUT2D eigenvalue weighted by Crippen LogP contribution is 2.30. The first-order valence-electron chi connectivity index (χ1n) is 8.02. The number of nitrogens with zero attached hydrogens (tertiary/aromatic N) is 1. The number of halogens is 1. The number of alkyl carbamates (subject to hydrolysis) is 1. The minimum absolute atomic E-state index is 0.282. The van der Waals surface area contributed by atoms with Crippen molar-refractivity contribution >= 4 is 17.5 Å². The monoisotopic (exact) mass is 323 g/mol. The number of hydrogen-bond donors (Lipinski definition) is 2. The van der Waals surface area contributed by atoms with E-state index in [2.05, 4.69) is 5.32 Å². The zero-order valence-electron chi connectivity index (χ0n) is 14.1. The zero-order valence-corrected chi connectivity index (χ0v) is 14.1. The Kier molecular flexibility index (Phi) is 5.34. The maximum absolute atomic E-state index is 13.9. The summed E-state index contributed by atoms with van der Waals surface area (Å²) in [5, 5.41) is 2.81. The second-order valence-electron chi connectivity index (χ2n) is 6.99. The number of carbonyl (C=O) groups excluding carboxylic acids is 1. The predicted molar refractivity (Wildman–Crippen MR) is 90.0 cm³/mol. The van der Waals surface area contributed by atoms with Gasteiger partial charge in [0.05, 0.1) is 11.4 Å². The molecule has 128 valence electrons. The van der Waals surface area contributed by atoms with E-state index in [1.807, 2.05) is 25.7 Å². The third kappa shape index (κ3) is 5.01. The van der Waals surface area contributed by atoms with E-state index in [9.17, 15) is 9.18 Å². The molecule has 0 radical (unpaired) electrons. The Hall–Kier alpha value is -1.98. The molecule has 1 aliphatic heterocycles. The molecule has 0 aliphatic carbocycles. The number of ether oxygens (including phenoxy) is 1. The highest BCUT2D eigenvalue weighted by Gasteiger charge is 2.24. The van der Waals surface area contributed by atoms with Crippen LogP contribution < -0.4 is 16.0 Å². The minimum Gasteiger partial charge on any atom is -0.444 e. The quantitative estimate of drug-likeness (QED) is 0.839. The van der Waals surface area contributed by atoms with Crippen molar-refractivity contribution in [2.24, 2.45) is 5.92 Å². The van der Waals surface area contributed by atoms with Gasteiger partial charge in [0.25, 0.3) is 0 Å². The van der Waals surface area contributed by atoms with Crippen LogP contribution in [0.3, 0.4) is 0 Å². The molecule has 0 unspecified atom stereocenters. The number of para-hydroxylation sites is 1. The Morgan fingerprint density at radius 3 is 2.61 bits per heavy atom. The SMILES string of the molecule is CC(C)(C)OC(=O)NCC1CCN(c2c(N)cccc2F)CC1. The van der Waals surface area contributed by atoms with Crippen molar-refractivity contribution in [3.63, 3.8) is 0 Å². The van der Waals surface area contributed by atoms with Crippen molar-refractivity contribution in [2.75, 3.05) is 30.3 Å². The number of amides is 1. The van der Waals surface area contributed by atoms with E-state index < -0.39 is 11.7 Å². The number of piperidine rings is 1. The van der Waals surface area contributed by atoms with Crippen molar-refractivity contribution in [2.45, 2.75) is 39.2 Å². The van der Waals surface area contributed by atoms with E-state index >= 15 is 0 Å². The maximum Gasteiger partial charge on any atom is 0.407 e. The van der Waals surface area contributed by atoms with E-state index in [-0.39, 0.29) is 5.82 Å². The molecular formula is C17H26FN3O2. The maximum atomic E-state index is 13.9. The molecule has 23 heavy (non-hydrogen) atoms. The molecule has 1 aromatic rings.